The fourth-order valence-electron chi connectivity index (χ4n) is 4.40. The zero-order valence-corrected chi connectivity index (χ0v) is 15.1. The van der Waals surface area contributed by atoms with Gasteiger partial charge in [0.15, 0.2) is 0 Å². The van der Waals surface area contributed by atoms with Crippen molar-refractivity contribution in [2.75, 3.05) is 0 Å². The van der Waals surface area contributed by atoms with E-state index in [1.807, 2.05) is 13.8 Å². The number of benzene rings is 6. The molecule has 0 heterocycles. The summed E-state index contributed by atoms with van der Waals surface area (Å²) < 4.78 is 0. The molecule has 0 saturated carbocycles. The van der Waals surface area contributed by atoms with Crippen LogP contribution < -0.4 is 0 Å². The van der Waals surface area contributed by atoms with Crippen molar-refractivity contribution in [3.8, 4) is 0 Å². The SMILES string of the molecule is CC.c1ccc2c(c1)cc1cccc3c4cccc5cccc(c54)c2c13. The van der Waals surface area contributed by atoms with E-state index in [9.17, 15) is 0 Å². The second-order valence-corrected chi connectivity index (χ2v) is 6.59. The van der Waals surface area contributed by atoms with Gasteiger partial charge in [-0.2, -0.15) is 0 Å². The van der Waals surface area contributed by atoms with Crippen molar-refractivity contribution in [3.63, 3.8) is 0 Å². The standard InChI is InChI=1S/C24H14.C2H6/c1-2-10-18-16(6-1)14-17-9-5-12-20-19-11-3-7-15-8-4-13-21(22(15)19)24(18)23(17)20;1-2/h1-14H;1-2H3. The summed E-state index contributed by atoms with van der Waals surface area (Å²) in [5.74, 6) is 0. The lowest BCUT2D eigenvalue weighted by atomic mass is 9.87. The molecular weight excluding hydrogens is 312 g/mol. The van der Waals surface area contributed by atoms with E-state index in [1.165, 1.54) is 53.9 Å². The molecule has 0 aliphatic carbocycles. The monoisotopic (exact) mass is 332 g/mol. The van der Waals surface area contributed by atoms with Crippen LogP contribution in [0, 0.1) is 0 Å². The van der Waals surface area contributed by atoms with Crippen LogP contribution >= 0.6 is 0 Å². The average molecular weight is 332 g/mol. The highest BCUT2D eigenvalue weighted by Crippen LogP contribution is 2.43. The second-order valence-electron chi connectivity index (χ2n) is 6.59. The van der Waals surface area contributed by atoms with Crippen molar-refractivity contribution < 1.29 is 0 Å². The number of rotatable bonds is 0. The van der Waals surface area contributed by atoms with Gasteiger partial charge in [0, 0.05) is 0 Å². The Bertz CT molecular complexity index is 1380. The normalized spacial score (nSPS) is 11.5. The fraction of sp³-hybridized carbons (Fsp3) is 0.0769. The quantitative estimate of drug-likeness (QED) is 0.196. The Morgan fingerprint density at radius 2 is 0.923 bits per heavy atom. The molecule has 6 aromatic carbocycles. The Kier molecular flexibility index (Phi) is 3.33. The van der Waals surface area contributed by atoms with Gasteiger partial charge in [0.2, 0.25) is 0 Å². The predicted octanol–water partition coefficient (Wildman–Crippen LogP) is 7.92. The molecule has 0 N–H and O–H groups in total. The summed E-state index contributed by atoms with van der Waals surface area (Å²) in [6, 6.07) is 31.1. The van der Waals surface area contributed by atoms with Gasteiger partial charge in [0.25, 0.3) is 0 Å². The van der Waals surface area contributed by atoms with Crippen LogP contribution in [0.25, 0.3) is 53.9 Å². The Balaban J connectivity index is 0.000000727. The Labute approximate surface area is 153 Å². The molecule has 0 aromatic heterocycles. The minimum absolute atomic E-state index is 1.31. The number of hydrogen-bond acceptors (Lipinski definition) is 0. The largest absolute Gasteiger partial charge is 0.0683 e. The average Bonchev–Trinajstić information content (AvgIpc) is 2.72. The summed E-state index contributed by atoms with van der Waals surface area (Å²) in [7, 11) is 0. The van der Waals surface area contributed by atoms with Crippen molar-refractivity contribution in [2.45, 2.75) is 13.8 Å². The first-order valence-electron chi connectivity index (χ1n) is 9.39. The summed E-state index contributed by atoms with van der Waals surface area (Å²) in [5.41, 5.74) is 0. The van der Waals surface area contributed by atoms with E-state index in [0.717, 1.165) is 0 Å². The van der Waals surface area contributed by atoms with Crippen LogP contribution in [0.15, 0.2) is 84.9 Å². The zero-order chi connectivity index (χ0) is 17.7. The molecule has 6 aromatic rings. The first-order valence-corrected chi connectivity index (χ1v) is 9.39. The van der Waals surface area contributed by atoms with E-state index in [1.54, 1.807) is 0 Å². The Hall–Kier alpha value is -3.12. The van der Waals surface area contributed by atoms with Crippen molar-refractivity contribution in [2.24, 2.45) is 0 Å². The summed E-state index contributed by atoms with van der Waals surface area (Å²) >= 11 is 0. The van der Waals surface area contributed by atoms with Gasteiger partial charge in [-0.25, -0.2) is 0 Å². The van der Waals surface area contributed by atoms with Gasteiger partial charge in [0.1, 0.15) is 0 Å². The van der Waals surface area contributed by atoms with Crippen LogP contribution in [-0.2, 0) is 0 Å². The molecule has 0 atom stereocenters. The van der Waals surface area contributed by atoms with E-state index in [-0.39, 0.29) is 0 Å². The van der Waals surface area contributed by atoms with Gasteiger partial charge in [-0.1, -0.05) is 92.7 Å². The summed E-state index contributed by atoms with van der Waals surface area (Å²) in [6.07, 6.45) is 0. The molecule has 0 spiro atoms. The third kappa shape index (κ3) is 1.90. The summed E-state index contributed by atoms with van der Waals surface area (Å²) in [4.78, 5) is 0. The summed E-state index contributed by atoms with van der Waals surface area (Å²) in [6.45, 7) is 4.00. The maximum absolute atomic E-state index is 2.33. The van der Waals surface area contributed by atoms with Gasteiger partial charge in [0.05, 0.1) is 0 Å². The van der Waals surface area contributed by atoms with E-state index < -0.39 is 0 Å². The Morgan fingerprint density at radius 3 is 1.69 bits per heavy atom. The van der Waals surface area contributed by atoms with Crippen molar-refractivity contribution in [1.82, 2.24) is 0 Å². The third-order valence-electron chi connectivity index (χ3n) is 5.35. The first kappa shape index (κ1) is 15.2. The van der Waals surface area contributed by atoms with Crippen LogP contribution in [-0.4, -0.2) is 0 Å². The highest BCUT2D eigenvalue weighted by Gasteiger charge is 2.14. The maximum atomic E-state index is 2.33. The Morgan fingerprint density at radius 1 is 0.385 bits per heavy atom. The fourth-order valence-corrected chi connectivity index (χ4v) is 4.40. The van der Waals surface area contributed by atoms with Crippen LogP contribution in [0.3, 0.4) is 0 Å². The predicted molar refractivity (Wildman–Crippen MR) is 117 cm³/mol. The van der Waals surface area contributed by atoms with Crippen LogP contribution in [0.5, 0.6) is 0 Å². The molecule has 0 unspecified atom stereocenters. The maximum Gasteiger partial charge on any atom is -0.00141 e. The number of fused-ring (bicyclic) bond motifs is 4. The molecule has 0 amide bonds. The molecule has 0 fully saturated rings. The number of hydrogen-bond donors (Lipinski definition) is 0. The molecule has 0 nitrogen and oxygen atoms in total. The van der Waals surface area contributed by atoms with Gasteiger partial charge < -0.3 is 0 Å². The van der Waals surface area contributed by atoms with Crippen LogP contribution in [0.4, 0.5) is 0 Å². The second kappa shape index (κ2) is 5.71. The highest BCUT2D eigenvalue weighted by molar-refractivity contribution is 6.37. The lowest BCUT2D eigenvalue weighted by molar-refractivity contribution is 1.50. The van der Waals surface area contributed by atoms with Gasteiger partial charge in [-0.3, -0.25) is 0 Å². The highest BCUT2D eigenvalue weighted by atomic mass is 14.2. The van der Waals surface area contributed by atoms with E-state index in [2.05, 4.69) is 84.9 Å². The molecular formula is C26H20. The van der Waals surface area contributed by atoms with Gasteiger partial charge in [-0.15, -0.1) is 0 Å². The van der Waals surface area contributed by atoms with Crippen LogP contribution in [0.1, 0.15) is 13.8 Å². The van der Waals surface area contributed by atoms with Gasteiger partial charge >= 0.3 is 0 Å². The lowest BCUT2D eigenvalue weighted by Crippen LogP contribution is -1.88. The van der Waals surface area contributed by atoms with Crippen LogP contribution in [0.2, 0.25) is 0 Å². The molecule has 0 heteroatoms. The third-order valence-corrected chi connectivity index (χ3v) is 5.35. The zero-order valence-electron chi connectivity index (χ0n) is 15.1. The first-order chi connectivity index (χ1) is 12.9. The molecule has 0 bridgehead atoms. The molecule has 0 aliphatic rings. The van der Waals surface area contributed by atoms with Gasteiger partial charge in [-0.05, 0) is 59.9 Å². The molecule has 124 valence electrons. The minimum atomic E-state index is 1.31. The molecule has 0 aliphatic heterocycles. The molecule has 26 heavy (non-hydrogen) atoms. The van der Waals surface area contributed by atoms with E-state index in [4.69, 9.17) is 0 Å². The van der Waals surface area contributed by atoms with Crippen molar-refractivity contribution in [3.05, 3.63) is 84.9 Å². The topological polar surface area (TPSA) is 0 Å². The minimum Gasteiger partial charge on any atom is -0.0683 e. The summed E-state index contributed by atoms with van der Waals surface area (Å²) in [5, 5.41) is 13.6. The van der Waals surface area contributed by atoms with Crippen molar-refractivity contribution >= 4 is 53.9 Å². The lowest BCUT2D eigenvalue weighted by Gasteiger charge is -2.16. The van der Waals surface area contributed by atoms with E-state index in [0.29, 0.717) is 0 Å². The smallest absolute Gasteiger partial charge is 0.00141 e. The molecule has 6 rings (SSSR count). The molecule has 0 saturated heterocycles. The van der Waals surface area contributed by atoms with Crippen molar-refractivity contribution in [1.29, 1.82) is 0 Å². The molecule has 0 radical (unpaired) electrons. The van der Waals surface area contributed by atoms with E-state index >= 15 is 0 Å².